The number of aromatic nitrogens is 1. The Balaban J connectivity index is 3.33. The molecule has 0 radical (unpaired) electrons. The lowest BCUT2D eigenvalue weighted by Gasteiger charge is -2.05. The molecule has 0 aliphatic heterocycles. The van der Waals surface area contributed by atoms with Gasteiger partial charge in [0.1, 0.15) is 9.45 Å². The van der Waals surface area contributed by atoms with E-state index in [1.165, 1.54) is 0 Å². The molecule has 1 rings (SSSR count). The molecule has 66 valence electrons. The van der Waals surface area contributed by atoms with Crippen molar-refractivity contribution >= 4 is 45.2 Å². The first kappa shape index (κ1) is 10.4. The summed E-state index contributed by atoms with van der Waals surface area (Å²) in [5.74, 6) is -0.202. The normalized spacial score (nSPS) is 10.8. The quantitative estimate of drug-likeness (QED) is 0.585. The summed E-state index contributed by atoms with van der Waals surface area (Å²) in [6.45, 7) is 0. The van der Waals surface area contributed by atoms with Crippen LogP contribution in [-0.2, 0) is 0 Å². The predicted molar refractivity (Wildman–Crippen MR) is 56.3 cm³/mol. The molecule has 0 saturated carbocycles. The van der Waals surface area contributed by atoms with Gasteiger partial charge in [0.15, 0.2) is 0 Å². The highest BCUT2D eigenvalue weighted by atomic mass is 127. The van der Waals surface area contributed by atoms with Crippen LogP contribution in [0.2, 0.25) is 0 Å². The SMILES string of the molecule is Oc1cnc(I)c(C(F)F)c1I. The van der Waals surface area contributed by atoms with Gasteiger partial charge in [-0.2, -0.15) is 0 Å². The second kappa shape index (κ2) is 3.99. The molecule has 0 aliphatic rings. The van der Waals surface area contributed by atoms with Crippen molar-refractivity contribution in [2.24, 2.45) is 0 Å². The Morgan fingerprint density at radius 1 is 1.42 bits per heavy atom. The van der Waals surface area contributed by atoms with Crippen LogP contribution in [0, 0.1) is 7.27 Å². The number of pyridine rings is 1. The maximum atomic E-state index is 12.3. The van der Waals surface area contributed by atoms with Crippen LogP contribution < -0.4 is 0 Å². The molecule has 0 unspecified atom stereocenters. The first-order chi connectivity index (χ1) is 5.54. The summed E-state index contributed by atoms with van der Waals surface area (Å²) < 4.78 is 25.0. The lowest BCUT2D eigenvalue weighted by atomic mass is 10.3. The lowest BCUT2D eigenvalue weighted by Crippen LogP contribution is -1.96. The second-order valence-corrected chi connectivity index (χ2v) is 4.06. The summed E-state index contributed by atoms with van der Waals surface area (Å²) in [5, 5.41) is 9.07. The molecule has 1 heterocycles. The highest BCUT2D eigenvalue weighted by molar-refractivity contribution is 14.1. The van der Waals surface area contributed by atoms with Crippen molar-refractivity contribution in [2.75, 3.05) is 0 Å². The second-order valence-electron chi connectivity index (χ2n) is 1.96. The van der Waals surface area contributed by atoms with Gasteiger partial charge in [-0.05, 0) is 45.2 Å². The van der Waals surface area contributed by atoms with E-state index >= 15 is 0 Å². The lowest BCUT2D eigenvalue weighted by molar-refractivity contribution is 0.148. The molecule has 0 atom stereocenters. The Morgan fingerprint density at radius 3 is 2.42 bits per heavy atom. The molecular formula is C6H3F2I2NO. The van der Waals surface area contributed by atoms with Crippen molar-refractivity contribution in [1.82, 2.24) is 4.98 Å². The highest BCUT2D eigenvalue weighted by Gasteiger charge is 2.18. The van der Waals surface area contributed by atoms with Gasteiger partial charge in [0.2, 0.25) is 0 Å². The molecule has 0 spiro atoms. The molecule has 0 fully saturated rings. The fourth-order valence-electron chi connectivity index (χ4n) is 0.658. The number of hydrogen-bond donors (Lipinski definition) is 1. The number of rotatable bonds is 1. The Kier molecular flexibility index (Phi) is 3.44. The van der Waals surface area contributed by atoms with Crippen molar-refractivity contribution < 1.29 is 13.9 Å². The molecule has 0 bridgehead atoms. The van der Waals surface area contributed by atoms with Gasteiger partial charge in [-0.15, -0.1) is 0 Å². The number of alkyl halides is 2. The molecular weight excluding hydrogens is 394 g/mol. The Morgan fingerprint density at radius 2 is 2.00 bits per heavy atom. The minimum Gasteiger partial charge on any atom is -0.505 e. The van der Waals surface area contributed by atoms with Crippen LogP contribution in [0.1, 0.15) is 12.0 Å². The van der Waals surface area contributed by atoms with E-state index in [0.717, 1.165) is 6.20 Å². The van der Waals surface area contributed by atoms with E-state index in [9.17, 15) is 8.78 Å². The fourth-order valence-corrected chi connectivity index (χ4v) is 2.45. The van der Waals surface area contributed by atoms with Gasteiger partial charge < -0.3 is 5.11 Å². The van der Waals surface area contributed by atoms with Crippen molar-refractivity contribution in [2.45, 2.75) is 6.43 Å². The van der Waals surface area contributed by atoms with Gasteiger partial charge in [-0.25, -0.2) is 13.8 Å². The van der Waals surface area contributed by atoms with Crippen LogP contribution >= 0.6 is 45.2 Å². The number of halogens is 4. The summed E-state index contributed by atoms with van der Waals surface area (Å²) in [6.07, 6.45) is -1.43. The van der Waals surface area contributed by atoms with Gasteiger partial charge in [-0.1, -0.05) is 0 Å². The summed E-state index contributed by atoms with van der Waals surface area (Å²) in [6, 6.07) is 0. The van der Waals surface area contributed by atoms with E-state index in [1.54, 1.807) is 45.2 Å². The van der Waals surface area contributed by atoms with Crippen LogP contribution in [0.5, 0.6) is 5.75 Å². The zero-order chi connectivity index (χ0) is 9.30. The molecule has 0 aliphatic carbocycles. The molecule has 6 heteroatoms. The van der Waals surface area contributed by atoms with Crippen molar-refractivity contribution in [1.29, 1.82) is 0 Å². The molecule has 0 aromatic carbocycles. The van der Waals surface area contributed by atoms with Crippen molar-refractivity contribution in [3.63, 3.8) is 0 Å². The average Bonchev–Trinajstić information content (AvgIpc) is 1.97. The Hall–Kier alpha value is 0.270. The minimum absolute atomic E-state index is 0.169. The predicted octanol–water partition coefficient (Wildman–Crippen LogP) is 2.93. The van der Waals surface area contributed by atoms with E-state index in [4.69, 9.17) is 5.11 Å². The fraction of sp³-hybridized carbons (Fsp3) is 0.167. The van der Waals surface area contributed by atoms with Crippen LogP contribution in [0.4, 0.5) is 8.78 Å². The average molecular weight is 397 g/mol. The standard InChI is InChI=1S/C6H3F2I2NO/c7-5(8)3-4(9)2(12)1-11-6(3)10/h1,5,12H. The molecule has 1 aromatic rings. The molecule has 1 N–H and O–H groups in total. The largest absolute Gasteiger partial charge is 0.505 e. The number of nitrogens with zero attached hydrogens (tertiary/aromatic N) is 1. The number of aromatic hydroxyl groups is 1. The van der Waals surface area contributed by atoms with Crippen LogP contribution in [0.15, 0.2) is 6.20 Å². The first-order valence-electron chi connectivity index (χ1n) is 2.85. The number of hydrogen-bond acceptors (Lipinski definition) is 2. The Labute approximate surface area is 94.7 Å². The van der Waals surface area contributed by atoms with Gasteiger partial charge in [-0.3, -0.25) is 0 Å². The van der Waals surface area contributed by atoms with Crippen molar-refractivity contribution in [3.8, 4) is 5.75 Å². The summed E-state index contributed by atoms with van der Waals surface area (Å²) in [5.41, 5.74) is -0.198. The zero-order valence-electron chi connectivity index (χ0n) is 5.56. The Bertz CT molecular complexity index is 306. The van der Waals surface area contributed by atoms with Crippen molar-refractivity contribution in [3.05, 3.63) is 19.0 Å². The van der Waals surface area contributed by atoms with Crippen LogP contribution in [0.3, 0.4) is 0 Å². The van der Waals surface area contributed by atoms with E-state index in [2.05, 4.69) is 4.98 Å². The molecule has 0 amide bonds. The molecule has 2 nitrogen and oxygen atoms in total. The molecule has 0 saturated heterocycles. The van der Waals surface area contributed by atoms with E-state index in [-0.39, 0.29) is 18.6 Å². The van der Waals surface area contributed by atoms with Gasteiger partial charge in [0, 0.05) is 0 Å². The summed E-state index contributed by atoms with van der Waals surface area (Å²) >= 11 is 3.38. The third-order valence-electron chi connectivity index (χ3n) is 1.20. The van der Waals surface area contributed by atoms with E-state index < -0.39 is 6.43 Å². The maximum Gasteiger partial charge on any atom is 0.267 e. The van der Waals surface area contributed by atoms with Crippen LogP contribution in [-0.4, -0.2) is 10.1 Å². The van der Waals surface area contributed by atoms with Crippen LogP contribution in [0.25, 0.3) is 0 Å². The molecule has 12 heavy (non-hydrogen) atoms. The topological polar surface area (TPSA) is 33.1 Å². The van der Waals surface area contributed by atoms with E-state index in [1.807, 2.05) is 0 Å². The highest BCUT2D eigenvalue weighted by Crippen LogP contribution is 2.32. The smallest absolute Gasteiger partial charge is 0.267 e. The first-order valence-corrected chi connectivity index (χ1v) is 5.00. The third kappa shape index (κ3) is 1.95. The monoisotopic (exact) mass is 397 g/mol. The third-order valence-corrected chi connectivity index (χ3v) is 3.20. The zero-order valence-corrected chi connectivity index (χ0v) is 9.88. The summed E-state index contributed by atoms with van der Waals surface area (Å²) in [7, 11) is 0. The maximum absolute atomic E-state index is 12.3. The molecule has 1 aromatic heterocycles. The van der Waals surface area contributed by atoms with Gasteiger partial charge in [0.25, 0.3) is 6.43 Å². The van der Waals surface area contributed by atoms with Gasteiger partial charge >= 0.3 is 0 Å². The minimum atomic E-state index is -2.59. The van der Waals surface area contributed by atoms with E-state index in [0.29, 0.717) is 0 Å². The van der Waals surface area contributed by atoms with Gasteiger partial charge in [0.05, 0.1) is 15.3 Å². The summed E-state index contributed by atoms with van der Waals surface area (Å²) in [4.78, 5) is 3.61.